The van der Waals surface area contributed by atoms with E-state index in [9.17, 15) is 0 Å². The highest BCUT2D eigenvalue weighted by Crippen LogP contribution is 2.23. The topological polar surface area (TPSA) is 66.5 Å². The number of aryl methyl sites for hydroxylation is 1. The highest BCUT2D eigenvalue weighted by molar-refractivity contribution is 6.32. The SMILES string of the molecule is Cn1cnnc1CNc1cccc(Cl)c1C#N. The van der Waals surface area contributed by atoms with Gasteiger partial charge in [-0.3, -0.25) is 0 Å². The van der Waals surface area contributed by atoms with E-state index in [1.54, 1.807) is 24.5 Å². The average molecular weight is 248 g/mol. The lowest BCUT2D eigenvalue weighted by Gasteiger charge is -2.08. The Kier molecular flexibility index (Phi) is 3.26. The number of nitriles is 1. The second kappa shape index (κ2) is 4.85. The number of hydrogen-bond donors (Lipinski definition) is 1. The summed E-state index contributed by atoms with van der Waals surface area (Å²) in [6.07, 6.45) is 1.63. The van der Waals surface area contributed by atoms with Gasteiger partial charge in [0.05, 0.1) is 22.8 Å². The molecule has 0 aliphatic carbocycles. The van der Waals surface area contributed by atoms with Crippen LogP contribution in [0.25, 0.3) is 0 Å². The van der Waals surface area contributed by atoms with Crippen molar-refractivity contribution in [2.75, 3.05) is 5.32 Å². The minimum Gasteiger partial charge on any atom is -0.377 e. The van der Waals surface area contributed by atoms with Crippen LogP contribution in [-0.4, -0.2) is 14.8 Å². The summed E-state index contributed by atoms with van der Waals surface area (Å²) in [6.45, 7) is 0.492. The molecule has 1 aromatic carbocycles. The predicted molar refractivity (Wildman–Crippen MR) is 64.5 cm³/mol. The lowest BCUT2D eigenvalue weighted by Crippen LogP contribution is -2.06. The van der Waals surface area contributed by atoms with Crippen LogP contribution >= 0.6 is 11.6 Å². The van der Waals surface area contributed by atoms with Gasteiger partial charge < -0.3 is 9.88 Å². The van der Waals surface area contributed by atoms with Gasteiger partial charge in [0.1, 0.15) is 12.4 Å². The first-order valence-corrected chi connectivity index (χ1v) is 5.35. The fourth-order valence-corrected chi connectivity index (χ4v) is 1.64. The van der Waals surface area contributed by atoms with E-state index in [4.69, 9.17) is 16.9 Å². The zero-order valence-electron chi connectivity index (χ0n) is 9.18. The maximum atomic E-state index is 9.00. The molecule has 2 aromatic rings. The van der Waals surface area contributed by atoms with Crippen molar-refractivity contribution in [2.45, 2.75) is 6.54 Å². The van der Waals surface area contributed by atoms with Gasteiger partial charge in [-0.25, -0.2) is 0 Å². The number of rotatable bonds is 3. The quantitative estimate of drug-likeness (QED) is 0.900. The molecule has 0 radical (unpaired) electrons. The van der Waals surface area contributed by atoms with Crippen LogP contribution < -0.4 is 5.32 Å². The van der Waals surface area contributed by atoms with Crippen LogP contribution in [0.2, 0.25) is 5.02 Å². The van der Waals surface area contributed by atoms with Gasteiger partial charge in [0.25, 0.3) is 0 Å². The standard InChI is InChI=1S/C11H10ClN5/c1-17-7-15-16-11(17)6-14-10-4-2-3-9(12)8(10)5-13/h2-4,7,14H,6H2,1H3. The summed E-state index contributed by atoms with van der Waals surface area (Å²) in [7, 11) is 1.86. The van der Waals surface area contributed by atoms with Gasteiger partial charge in [-0.15, -0.1) is 10.2 Å². The fourth-order valence-electron chi connectivity index (χ4n) is 1.43. The summed E-state index contributed by atoms with van der Waals surface area (Å²) in [5.41, 5.74) is 1.14. The first kappa shape index (κ1) is 11.4. The highest BCUT2D eigenvalue weighted by Gasteiger charge is 2.07. The van der Waals surface area contributed by atoms with E-state index in [1.165, 1.54) is 0 Å². The molecule has 2 rings (SSSR count). The average Bonchev–Trinajstić information content (AvgIpc) is 2.72. The number of nitrogens with one attached hydrogen (secondary N) is 1. The molecule has 1 N–H and O–H groups in total. The molecule has 0 atom stereocenters. The predicted octanol–water partition coefficient (Wildman–Crippen LogP) is 1.95. The van der Waals surface area contributed by atoms with Crippen molar-refractivity contribution in [2.24, 2.45) is 7.05 Å². The van der Waals surface area contributed by atoms with Crippen molar-refractivity contribution in [3.8, 4) is 6.07 Å². The van der Waals surface area contributed by atoms with E-state index in [2.05, 4.69) is 21.6 Å². The third kappa shape index (κ3) is 2.37. The molecule has 0 fully saturated rings. The molecule has 86 valence electrons. The van der Waals surface area contributed by atoms with Gasteiger partial charge in [0, 0.05) is 7.05 Å². The summed E-state index contributed by atoms with van der Waals surface area (Å²) in [6, 6.07) is 7.36. The Morgan fingerprint density at radius 2 is 2.35 bits per heavy atom. The maximum absolute atomic E-state index is 9.00. The maximum Gasteiger partial charge on any atom is 0.151 e. The van der Waals surface area contributed by atoms with Gasteiger partial charge in [-0.05, 0) is 12.1 Å². The van der Waals surface area contributed by atoms with Gasteiger partial charge in [-0.2, -0.15) is 5.26 Å². The number of halogens is 1. The van der Waals surface area contributed by atoms with E-state index in [1.807, 2.05) is 11.6 Å². The van der Waals surface area contributed by atoms with Crippen molar-refractivity contribution in [1.29, 1.82) is 5.26 Å². The smallest absolute Gasteiger partial charge is 0.151 e. The molecular formula is C11H10ClN5. The highest BCUT2D eigenvalue weighted by atomic mass is 35.5. The van der Waals surface area contributed by atoms with E-state index < -0.39 is 0 Å². The number of anilines is 1. The summed E-state index contributed by atoms with van der Waals surface area (Å²) in [5, 5.41) is 20.3. The van der Waals surface area contributed by atoms with Gasteiger partial charge in [0.2, 0.25) is 0 Å². The van der Waals surface area contributed by atoms with Crippen molar-refractivity contribution < 1.29 is 0 Å². The summed E-state index contributed by atoms with van der Waals surface area (Å²) in [5.74, 6) is 0.786. The monoisotopic (exact) mass is 247 g/mol. The van der Waals surface area contributed by atoms with Crippen LogP contribution in [0.5, 0.6) is 0 Å². The Bertz CT molecular complexity index is 569. The van der Waals surface area contributed by atoms with Crippen molar-refractivity contribution in [1.82, 2.24) is 14.8 Å². The Labute approximate surface area is 104 Å². The minimum atomic E-state index is 0.440. The lowest BCUT2D eigenvalue weighted by molar-refractivity contribution is 0.812. The fraction of sp³-hybridized carbons (Fsp3) is 0.182. The van der Waals surface area contributed by atoms with Crippen LogP contribution in [-0.2, 0) is 13.6 Å². The molecule has 0 bridgehead atoms. The van der Waals surface area contributed by atoms with Crippen molar-refractivity contribution in [3.05, 3.63) is 40.9 Å². The van der Waals surface area contributed by atoms with Gasteiger partial charge in [0.15, 0.2) is 5.82 Å². The Morgan fingerprint density at radius 3 is 3.00 bits per heavy atom. The number of aromatic nitrogens is 3. The Hall–Kier alpha value is -2.06. The second-order valence-electron chi connectivity index (χ2n) is 3.49. The van der Waals surface area contributed by atoms with Crippen LogP contribution in [0.3, 0.4) is 0 Å². The molecule has 17 heavy (non-hydrogen) atoms. The van der Waals surface area contributed by atoms with E-state index in [-0.39, 0.29) is 0 Å². The normalized spacial score (nSPS) is 9.94. The largest absolute Gasteiger partial charge is 0.377 e. The first-order chi connectivity index (χ1) is 8.22. The molecule has 0 spiro atoms. The number of nitrogens with zero attached hydrogens (tertiary/aromatic N) is 4. The lowest BCUT2D eigenvalue weighted by atomic mass is 10.2. The third-order valence-electron chi connectivity index (χ3n) is 2.37. The first-order valence-electron chi connectivity index (χ1n) is 4.97. The zero-order chi connectivity index (χ0) is 12.3. The zero-order valence-corrected chi connectivity index (χ0v) is 9.94. The molecule has 5 nitrogen and oxygen atoms in total. The van der Waals surface area contributed by atoms with Gasteiger partial charge in [-0.1, -0.05) is 17.7 Å². The molecule has 0 saturated carbocycles. The van der Waals surface area contributed by atoms with Crippen LogP contribution in [0.1, 0.15) is 11.4 Å². The number of benzene rings is 1. The second-order valence-corrected chi connectivity index (χ2v) is 3.89. The summed E-state index contributed by atoms with van der Waals surface area (Å²) in [4.78, 5) is 0. The summed E-state index contributed by atoms with van der Waals surface area (Å²) < 4.78 is 1.81. The molecule has 0 unspecified atom stereocenters. The third-order valence-corrected chi connectivity index (χ3v) is 2.68. The summed E-state index contributed by atoms with van der Waals surface area (Å²) >= 11 is 5.93. The van der Waals surface area contributed by atoms with Gasteiger partial charge >= 0.3 is 0 Å². The molecular weight excluding hydrogens is 238 g/mol. The van der Waals surface area contributed by atoms with Crippen LogP contribution in [0, 0.1) is 11.3 Å². The molecule has 0 amide bonds. The Balaban J connectivity index is 2.18. The molecule has 1 heterocycles. The van der Waals surface area contributed by atoms with Crippen LogP contribution in [0.4, 0.5) is 5.69 Å². The van der Waals surface area contributed by atoms with Crippen molar-refractivity contribution in [3.63, 3.8) is 0 Å². The molecule has 6 heteroatoms. The Morgan fingerprint density at radius 1 is 1.53 bits per heavy atom. The van der Waals surface area contributed by atoms with E-state index in [0.717, 1.165) is 5.82 Å². The molecule has 0 saturated heterocycles. The molecule has 0 aliphatic heterocycles. The number of hydrogen-bond acceptors (Lipinski definition) is 4. The van der Waals surface area contributed by atoms with E-state index in [0.29, 0.717) is 22.8 Å². The molecule has 0 aliphatic rings. The minimum absolute atomic E-state index is 0.440. The van der Waals surface area contributed by atoms with Crippen LogP contribution in [0.15, 0.2) is 24.5 Å². The van der Waals surface area contributed by atoms with Crippen molar-refractivity contribution >= 4 is 17.3 Å². The molecule has 1 aromatic heterocycles. The van der Waals surface area contributed by atoms with E-state index >= 15 is 0 Å².